The number of aromatic amines is 1. The Bertz CT molecular complexity index is 761. The molecule has 0 aliphatic rings. The molecule has 0 fully saturated rings. The van der Waals surface area contributed by atoms with Crippen LogP contribution in [0.5, 0.6) is 0 Å². The number of fused-ring (bicyclic) bond motifs is 1. The molecule has 0 aliphatic heterocycles. The lowest BCUT2D eigenvalue weighted by molar-refractivity contribution is 1.23. The highest BCUT2D eigenvalue weighted by molar-refractivity contribution is 6.42. The Morgan fingerprint density at radius 3 is 2.63 bits per heavy atom. The lowest BCUT2D eigenvalue weighted by Crippen LogP contribution is -1.86. The van der Waals surface area contributed by atoms with Gasteiger partial charge in [0, 0.05) is 6.20 Å². The maximum Gasteiger partial charge on any atom is 0.157 e. The minimum absolute atomic E-state index is 0.458. The van der Waals surface area contributed by atoms with Gasteiger partial charge >= 0.3 is 0 Å². The van der Waals surface area contributed by atoms with Gasteiger partial charge in [-0.3, -0.25) is 4.98 Å². The highest BCUT2D eigenvalue weighted by atomic mass is 35.5. The number of benzene rings is 1. The molecule has 0 atom stereocenters. The van der Waals surface area contributed by atoms with Crippen LogP contribution in [0.3, 0.4) is 0 Å². The Morgan fingerprint density at radius 2 is 1.95 bits per heavy atom. The second kappa shape index (κ2) is 4.54. The van der Waals surface area contributed by atoms with Crippen molar-refractivity contribution >= 4 is 34.2 Å². The lowest BCUT2D eigenvalue weighted by atomic mass is 10.2. The van der Waals surface area contributed by atoms with E-state index in [-0.39, 0.29) is 0 Å². The van der Waals surface area contributed by atoms with Gasteiger partial charge < -0.3 is 4.98 Å². The summed E-state index contributed by atoms with van der Waals surface area (Å²) >= 11 is 11.9. The molecule has 0 bridgehead atoms. The molecule has 0 unspecified atom stereocenters. The molecule has 19 heavy (non-hydrogen) atoms. The maximum absolute atomic E-state index is 8.73. The topological polar surface area (TPSA) is 65.4 Å². The summed E-state index contributed by atoms with van der Waals surface area (Å²) in [5, 5.41) is 9.66. The molecular formula is C13H6Cl2N4. The zero-order valence-electron chi connectivity index (χ0n) is 9.48. The van der Waals surface area contributed by atoms with Crippen molar-refractivity contribution in [2.75, 3.05) is 0 Å². The van der Waals surface area contributed by atoms with E-state index in [2.05, 4.69) is 15.0 Å². The van der Waals surface area contributed by atoms with Crippen LogP contribution >= 0.6 is 23.2 Å². The summed E-state index contributed by atoms with van der Waals surface area (Å²) in [6.07, 6.45) is 1.50. The van der Waals surface area contributed by atoms with E-state index >= 15 is 0 Å². The third kappa shape index (κ3) is 2.14. The predicted molar refractivity (Wildman–Crippen MR) is 74.1 cm³/mol. The molecule has 0 radical (unpaired) electrons. The van der Waals surface area contributed by atoms with Crippen molar-refractivity contribution in [3.63, 3.8) is 0 Å². The first-order valence-electron chi connectivity index (χ1n) is 5.38. The van der Waals surface area contributed by atoms with E-state index in [1.54, 1.807) is 24.3 Å². The fraction of sp³-hybridized carbons (Fsp3) is 0. The first-order valence-corrected chi connectivity index (χ1v) is 6.14. The van der Waals surface area contributed by atoms with Crippen LogP contribution in [0.25, 0.3) is 22.6 Å². The molecular weight excluding hydrogens is 283 g/mol. The van der Waals surface area contributed by atoms with Crippen LogP contribution < -0.4 is 0 Å². The molecule has 4 nitrogen and oxygen atoms in total. The smallest absolute Gasteiger partial charge is 0.157 e. The molecule has 0 saturated carbocycles. The normalized spacial score (nSPS) is 10.6. The first kappa shape index (κ1) is 12.0. The molecule has 2 heterocycles. The number of imidazole rings is 1. The van der Waals surface area contributed by atoms with E-state index in [1.165, 1.54) is 6.20 Å². The summed E-state index contributed by atoms with van der Waals surface area (Å²) in [7, 11) is 0. The van der Waals surface area contributed by atoms with E-state index in [4.69, 9.17) is 28.5 Å². The maximum atomic E-state index is 8.73. The molecule has 0 amide bonds. The Balaban J connectivity index is 2.12. The molecule has 3 aromatic rings. The van der Waals surface area contributed by atoms with Crippen LogP contribution in [0.4, 0.5) is 0 Å². The van der Waals surface area contributed by atoms with Gasteiger partial charge in [0.25, 0.3) is 0 Å². The summed E-state index contributed by atoms with van der Waals surface area (Å²) in [6.45, 7) is 0. The van der Waals surface area contributed by atoms with Crippen LogP contribution in [0.15, 0.2) is 30.5 Å². The van der Waals surface area contributed by atoms with Crippen molar-refractivity contribution in [3.05, 3.63) is 46.1 Å². The number of aromatic nitrogens is 3. The molecule has 6 heteroatoms. The number of halogens is 2. The molecule has 3 rings (SSSR count). The van der Waals surface area contributed by atoms with Crippen LogP contribution in [0.1, 0.15) is 5.56 Å². The zero-order valence-corrected chi connectivity index (χ0v) is 11.0. The minimum atomic E-state index is 0.458. The highest BCUT2D eigenvalue weighted by Gasteiger charge is 2.09. The Morgan fingerprint density at radius 1 is 1.16 bits per heavy atom. The summed E-state index contributed by atoms with van der Waals surface area (Å²) in [6, 6.07) is 8.86. The number of hydrogen-bond donors (Lipinski definition) is 1. The van der Waals surface area contributed by atoms with Crippen molar-refractivity contribution in [3.8, 4) is 17.6 Å². The summed E-state index contributed by atoms with van der Waals surface area (Å²) in [5.41, 5.74) is 2.67. The van der Waals surface area contributed by atoms with E-state index in [9.17, 15) is 0 Å². The number of nitrogens with zero attached hydrogens (tertiary/aromatic N) is 3. The lowest BCUT2D eigenvalue weighted by Gasteiger charge is -1.94. The number of H-pyrrole nitrogens is 1. The van der Waals surface area contributed by atoms with Crippen LogP contribution in [-0.2, 0) is 0 Å². The standard InChI is InChI=1S/C13H6Cl2N4/c14-8-3-11-12(4-9(8)15)19-13(18-11)10-2-1-7(5-16)6-17-10/h1-4,6H,(H,18,19). The number of pyridine rings is 1. The van der Waals surface area contributed by atoms with E-state index in [0.29, 0.717) is 27.1 Å². The average molecular weight is 289 g/mol. The molecule has 0 saturated heterocycles. The molecule has 0 aliphatic carbocycles. The molecule has 1 aromatic carbocycles. The minimum Gasteiger partial charge on any atom is -0.337 e. The quantitative estimate of drug-likeness (QED) is 0.741. The van der Waals surface area contributed by atoms with Gasteiger partial charge in [-0.05, 0) is 24.3 Å². The summed E-state index contributed by atoms with van der Waals surface area (Å²) < 4.78 is 0. The Kier molecular flexibility index (Phi) is 2.86. The number of rotatable bonds is 1. The van der Waals surface area contributed by atoms with Crippen molar-refractivity contribution in [2.24, 2.45) is 0 Å². The van der Waals surface area contributed by atoms with Crippen LogP contribution in [-0.4, -0.2) is 15.0 Å². The Labute approximate surface area is 118 Å². The second-order valence-corrected chi connectivity index (χ2v) is 4.73. The van der Waals surface area contributed by atoms with Gasteiger partial charge in [-0.25, -0.2) is 4.98 Å². The van der Waals surface area contributed by atoms with E-state index < -0.39 is 0 Å². The van der Waals surface area contributed by atoms with Crippen molar-refractivity contribution < 1.29 is 0 Å². The average Bonchev–Trinajstić information content (AvgIpc) is 2.82. The molecule has 92 valence electrons. The SMILES string of the molecule is N#Cc1ccc(-c2nc3cc(Cl)c(Cl)cc3[nH]2)nc1. The van der Waals surface area contributed by atoms with Gasteiger partial charge in [0.1, 0.15) is 11.8 Å². The summed E-state index contributed by atoms with van der Waals surface area (Å²) in [4.78, 5) is 11.7. The number of hydrogen-bond acceptors (Lipinski definition) is 3. The van der Waals surface area contributed by atoms with Crippen molar-refractivity contribution in [2.45, 2.75) is 0 Å². The summed E-state index contributed by atoms with van der Waals surface area (Å²) in [5.74, 6) is 0.609. The van der Waals surface area contributed by atoms with Gasteiger partial charge in [0.15, 0.2) is 5.82 Å². The van der Waals surface area contributed by atoms with Crippen molar-refractivity contribution in [1.82, 2.24) is 15.0 Å². The van der Waals surface area contributed by atoms with Gasteiger partial charge in [-0.15, -0.1) is 0 Å². The largest absolute Gasteiger partial charge is 0.337 e. The van der Waals surface area contributed by atoms with E-state index in [0.717, 1.165) is 11.0 Å². The van der Waals surface area contributed by atoms with Gasteiger partial charge in [0.2, 0.25) is 0 Å². The number of nitriles is 1. The van der Waals surface area contributed by atoms with Gasteiger partial charge in [-0.1, -0.05) is 23.2 Å². The van der Waals surface area contributed by atoms with Gasteiger partial charge in [-0.2, -0.15) is 5.26 Å². The fourth-order valence-electron chi connectivity index (χ4n) is 1.73. The monoisotopic (exact) mass is 288 g/mol. The third-order valence-corrected chi connectivity index (χ3v) is 3.38. The van der Waals surface area contributed by atoms with Crippen LogP contribution in [0.2, 0.25) is 10.0 Å². The fourth-order valence-corrected chi connectivity index (χ4v) is 2.05. The Hall–Kier alpha value is -2.09. The molecule has 2 aromatic heterocycles. The number of nitrogens with one attached hydrogen (secondary N) is 1. The first-order chi connectivity index (χ1) is 9.17. The van der Waals surface area contributed by atoms with Crippen LogP contribution in [0, 0.1) is 11.3 Å². The molecule has 1 N–H and O–H groups in total. The van der Waals surface area contributed by atoms with Gasteiger partial charge in [0.05, 0.1) is 26.6 Å². The predicted octanol–water partition coefficient (Wildman–Crippen LogP) is 3.80. The zero-order chi connectivity index (χ0) is 13.4. The second-order valence-electron chi connectivity index (χ2n) is 3.91. The van der Waals surface area contributed by atoms with Crippen molar-refractivity contribution in [1.29, 1.82) is 5.26 Å². The van der Waals surface area contributed by atoms with E-state index in [1.807, 2.05) is 6.07 Å². The third-order valence-electron chi connectivity index (χ3n) is 2.66. The molecule has 0 spiro atoms. The highest BCUT2D eigenvalue weighted by Crippen LogP contribution is 2.28.